The minimum atomic E-state index is -4.96. The predicted octanol–water partition coefficient (Wildman–Crippen LogP) is 25.5. The molecule has 0 spiro atoms. The number of rotatable bonds is 83. The van der Waals surface area contributed by atoms with Gasteiger partial charge in [-0.1, -0.05) is 395 Å². The second kappa shape index (κ2) is 75.5. The van der Waals surface area contributed by atoms with Crippen molar-refractivity contribution < 1.29 is 80.2 Å². The zero-order valence-electron chi connectivity index (χ0n) is 67.6. The zero-order chi connectivity index (χ0) is 75.6. The van der Waals surface area contributed by atoms with Gasteiger partial charge >= 0.3 is 39.5 Å². The molecule has 0 bridgehead atoms. The SMILES string of the molecule is CCCCCCCCCCCCCCCCCCCCCCCC(=O)O[C@H](COC(=O)CCCCCCCCCCCCCCCCC(C)CC)COP(=O)(O)OC[C@@H](O)COP(=O)(O)OC[C@@H](COC(=O)CCCCCCCCCCCC)OC(=O)CCCCCCCCCCCCC(C)CC. The summed E-state index contributed by atoms with van der Waals surface area (Å²) in [7, 11) is -9.92. The van der Waals surface area contributed by atoms with E-state index < -0.39 is 97.5 Å². The van der Waals surface area contributed by atoms with Gasteiger partial charge in [0.05, 0.1) is 26.4 Å². The fourth-order valence-corrected chi connectivity index (χ4v) is 14.6. The van der Waals surface area contributed by atoms with Gasteiger partial charge in [-0.05, 0) is 37.5 Å². The van der Waals surface area contributed by atoms with Crippen LogP contribution in [0.5, 0.6) is 0 Å². The summed E-state index contributed by atoms with van der Waals surface area (Å²) in [5.74, 6) is -0.452. The van der Waals surface area contributed by atoms with E-state index in [1.165, 1.54) is 263 Å². The quantitative estimate of drug-likeness (QED) is 0.0222. The van der Waals surface area contributed by atoms with Gasteiger partial charge < -0.3 is 33.8 Å². The van der Waals surface area contributed by atoms with E-state index in [-0.39, 0.29) is 25.7 Å². The highest BCUT2D eigenvalue weighted by atomic mass is 31.2. The van der Waals surface area contributed by atoms with Crippen molar-refractivity contribution in [2.24, 2.45) is 11.8 Å². The Bertz CT molecular complexity index is 1980. The molecule has 0 aliphatic heterocycles. The third kappa shape index (κ3) is 75.3. The minimum absolute atomic E-state index is 0.107. The molecule has 3 N–H and O–H groups in total. The molecule has 0 aromatic rings. The van der Waals surface area contributed by atoms with Crippen LogP contribution in [0.15, 0.2) is 0 Å². The van der Waals surface area contributed by atoms with Crippen molar-refractivity contribution in [3.8, 4) is 0 Å². The van der Waals surface area contributed by atoms with Crippen molar-refractivity contribution in [3.05, 3.63) is 0 Å². The minimum Gasteiger partial charge on any atom is -0.462 e. The Morgan fingerprint density at radius 2 is 0.466 bits per heavy atom. The fraction of sp³-hybridized carbons (Fsp3) is 0.952. The number of carbonyl (C=O) groups excluding carboxylic acids is 4. The van der Waals surface area contributed by atoms with Gasteiger partial charge in [0.1, 0.15) is 19.3 Å². The molecule has 0 saturated heterocycles. The Hall–Kier alpha value is -1.94. The second-order valence-electron chi connectivity index (χ2n) is 30.7. The maximum Gasteiger partial charge on any atom is 0.472 e. The molecular formula is C84H164O17P2. The summed E-state index contributed by atoms with van der Waals surface area (Å²) in [4.78, 5) is 73.1. The standard InChI is InChI=1S/C84H164O17P2/c1-7-11-13-15-17-19-21-22-23-24-25-26-27-28-29-34-37-44-50-56-62-68-83(88)100-80(73-95-82(87)67-61-55-49-43-36-33-31-30-32-35-40-46-52-58-64-76(5)9-3)75-99-103(92,93)97-71-78(85)70-96-102(90,91)98-74-79(72-94-81(86)66-60-54-48-42-20-18-16-14-12-8-2)101-84(89)69-63-57-51-45-39-38-41-47-53-59-65-77(6)10-4/h76-80,85H,7-75H2,1-6H3,(H,90,91)(H,92,93)/t76?,77?,78-,79+,80+/m0/s1. The highest BCUT2D eigenvalue weighted by Crippen LogP contribution is 2.45. The van der Waals surface area contributed by atoms with E-state index in [0.29, 0.717) is 25.7 Å². The molecule has 19 heteroatoms. The molecule has 103 heavy (non-hydrogen) atoms. The molecule has 0 aliphatic rings. The number of phosphoric acid groups is 2. The topological polar surface area (TPSA) is 237 Å². The van der Waals surface area contributed by atoms with Crippen molar-refractivity contribution in [1.82, 2.24) is 0 Å². The molecule has 7 atom stereocenters. The third-order valence-electron chi connectivity index (χ3n) is 20.4. The number of carbonyl (C=O) groups is 4. The Labute approximate surface area is 632 Å². The van der Waals surface area contributed by atoms with Crippen molar-refractivity contribution in [3.63, 3.8) is 0 Å². The number of unbranched alkanes of at least 4 members (excludes halogenated alkanes) is 51. The maximum absolute atomic E-state index is 13.1. The predicted molar refractivity (Wildman–Crippen MR) is 423 cm³/mol. The first-order valence-electron chi connectivity index (χ1n) is 43.6. The van der Waals surface area contributed by atoms with Crippen LogP contribution in [0.2, 0.25) is 0 Å². The Morgan fingerprint density at radius 1 is 0.272 bits per heavy atom. The van der Waals surface area contributed by atoms with Crippen LogP contribution in [-0.2, 0) is 65.4 Å². The number of aliphatic hydroxyl groups excluding tert-OH is 1. The molecule has 0 aromatic heterocycles. The van der Waals surface area contributed by atoms with Gasteiger partial charge in [-0.25, -0.2) is 9.13 Å². The normalized spacial score (nSPS) is 14.4. The molecule has 0 heterocycles. The molecule has 4 unspecified atom stereocenters. The lowest BCUT2D eigenvalue weighted by molar-refractivity contribution is -0.161. The third-order valence-corrected chi connectivity index (χ3v) is 22.3. The van der Waals surface area contributed by atoms with Crippen molar-refractivity contribution in [1.29, 1.82) is 0 Å². The Balaban J connectivity index is 5.23. The van der Waals surface area contributed by atoms with Crippen molar-refractivity contribution in [2.75, 3.05) is 39.6 Å². The number of ether oxygens (including phenoxy) is 4. The first kappa shape index (κ1) is 101. The number of phosphoric ester groups is 2. The van der Waals surface area contributed by atoms with Gasteiger partial charge in [-0.15, -0.1) is 0 Å². The molecule has 0 aliphatic carbocycles. The van der Waals surface area contributed by atoms with E-state index in [4.69, 9.17) is 37.0 Å². The molecule has 0 aromatic carbocycles. The molecule has 612 valence electrons. The maximum atomic E-state index is 13.1. The van der Waals surface area contributed by atoms with Crippen LogP contribution >= 0.6 is 15.6 Å². The second-order valence-corrected chi connectivity index (χ2v) is 33.6. The van der Waals surface area contributed by atoms with Crippen LogP contribution in [0.25, 0.3) is 0 Å². The molecule has 0 saturated carbocycles. The van der Waals surface area contributed by atoms with Gasteiger partial charge in [0.25, 0.3) is 0 Å². The van der Waals surface area contributed by atoms with Crippen molar-refractivity contribution in [2.45, 2.75) is 464 Å². The van der Waals surface area contributed by atoms with Crippen LogP contribution in [0.3, 0.4) is 0 Å². The smallest absolute Gasteiger partial charge is 0.462 e. The summed E-state index contributed by atoms with van der Waals surface area (Å²) in [6, 6.07) is 0. The number of hydrogen-bond donors (Lipinski definition) is 3. The summed E-state index contributed by atoms with van der Waals surface area (Å²) >= 11 is 0. The molecular weight excluding hydrogens is 1340 g/mol. The highest BCUT2D eigenvalue weighted by Gasteiger charge is 2.30. The van der Waals surface area contributed by atoms with E-state index in [9.17, 15) is 43.2 Å². The lowest BCUT2D eigenvalue weighted by Crippen LogP contribution is -2.30. The summed E-state index contributed by atoms with van der Waals surface area (Å²) in [5.41, 5.74) is 0. The Morgan fingerprint density at radius 3 is 0.689 bits per heavy atom. The van der Waals surface area contributed by atoms with Crippen LogP contribution in [0.4, 0.5) is 0 Å². The molecule has 0 amide bonds. The van der Waals surface area contributed by atoms with Crippen LogP contribution in [-0.4, -0.2) is 96.7 Å². The van der Waals surface area contributed by atoms with Crippen molar-refractivity contribution >= 4 is 39.5 Å². The number of esters is 4. The largest absolute Gasteiger partial charge is 0.472 e. The molecule has 0 radical (unpaired) electrons. The van der Waals surface area contributed by atoms with E-state index in [1.54, 1.807) is 0 Å². The highest BCUT2D eigenvalue weighted by molar-refractivity contribution is 7.47. The van der Waals surface area contributed by atoms with E-state index in [2.05, 4.69) is 41.5 Å². The van der Waals surface area contributed by atoms with E-state index >= 15 is 0 Å². The van der Waals surface area contributed by atoms with Crippen LogP contribution in [0, 0.1) is 11.8 Å². The lowest BCUT2D eigenvalue weighted by Gasteiger charge is -2.21. The van der Waals surface area contributed by atoms with E-state index in [1.807, 2.05) is 0 Å². The molecule has 0 fully saturated rings. The summed E-state index contributed by atoms with van der Waals surface area (Å²) < 4.78 is 68.8. The van der Waals surface area contributed by atoms with Crippen LogP contribution in [0.1, 0.15) is 446 Å². The molecule has 17 nitrogen and oxygen atoms in total. The monoisotopic (exact) mass is 1510 g/mol. The summed E-state index contributed by atoms with van der Waals surface area (Å²) in [5, 5.41) is 10.7. The first-order chi connectivity index (χ1) is 49.9. The number of hydrogen-bond acceptors (Lipinski definition) is 15. The molecule has 0 rings (SSSR count). The fourth-order valence-electron chi connectivity index (χ4n) is 13.0. The van der Waals surface area contributed by atoms with Gasteiger partial charge in [-0.3, -0.25) is 37.3 Å². The number of aliphatic hydroxyl groups is 1. The van der Waals surface area contributed by atoms with Gasteiger partial charge in [0.2, 0.25) is 0 Å². The zero-order valence-corrected chi connectivity index (χ0v) is 69.4. The summed E-state index contributed by atoms with van der Waals surface area (Å²) in [6.07, 6.45) is 66.5. The average Bonchev–Trinajstić information content (AvgIpc) is 0.912. The van der Waals surface area contributed by atoms with Gasteiger partial charge in [0, 0.05) is 25.7 Å². The Kier molecular flexibility index (Phi) is 74.1. The lowest BCUT2D eigenvalue weighted by atomic mass is 9.99. The first-order valence-corrected chi connectivity index (χ1v) is 46.6. The van der Waals surface area contributed by atoms with Gasteiger partial charge in [-0.2, -0.15) is 0 Å². The van der Waals surface area contributed by atoms with Gasteiger partial charge in [0.15, 0.2) is 12.2 Å². The van der Waals surface area contributed by atoms with E-state index in [0.717, 1.165) is 102 Å². The summed E-state index contributed by atoms with van der Waals surface area (Å²) in [6.45, 7) is 9.72. The average molecular weight is 1510 g/mol. The van der Waals surface area contributed by atoms with Crippen LogP contribution < -0.4 is 0 Å².